The smallest absolute Gasteiger partial charge is 0.337 e. The Bertz CT molecular complexity index is 1520. The minimum atomic E-state index is -4.87. The molecule has 9 nitrogen and oxygen atoms in total. The summed E-state index contributed by atoms with van der Waals surface area (Å²) < 4.78 is 60.1. The Hall–Kier alpha value is -3.81. The highest BCUT2D eigenvalue weighted by molar-refractivity contribution is 7.14. The van der Waals surface area contributed by atoms with Gasteiger partial charge in [0.05, 0.1) is 17.7 Å². The fraction of sp³-hybridized carbons (Fsp3) is 0.211. The molecule has 1 amide bonds. The van der Waals surface area contributed by atoms with Gasteiger partial charge in [0.2, 0.25) is 11.6 Å². The second kappa shape index (κ2) is 7.95. The molecular weight excluding hydrogens is 470 g/mol. The first-order valence-electron chi connectivity index (χ1n) is 9.14. The van der Waals surface area contributed by atoms with E-state index in [2.05, 4.69) is 15.5 Å². The van der Waals surface area contributed by atoms with Crippen LogP contribution in [0.5, 0.6) is 0 Å². The molecule has 0 aliphatic carbocycles. The number of aryl methyl sites for hydroxylation is 1. The van der Waals surface area contributed by atoms with E-state index >= 15 is 0 Å². The van der Waals surface area contributed by atoms with Gasteiger partial charge in [-0.15, -0.1) is 11.3 Å². The number of rotatable bonds is 4. The third-order valence-electron chi connectivity index (χ3n) is 4.80. The largest absolute Gasteiger partial charge is 0.419 e. The maximum Gasteiger partial charge on any atom is 0.419 e. The first-order chi connectivity index (χ1) is 15.5. The van der Waals surface area contributed by atoms with Crippen molar-refractivity contribution in [1.82, 2.24) is 19.3 Å². The monoisotopic (exact) mass is 483 g/mol. The van der Waals surface area contributed by atoms with Gasteiger partial charge in [0.25, 0.3) is 5.56 Å². The van der Waals surface area contributed by atoms with Crippen LogP contribution >= 0.6 is 11.3 Å². The van der Waals surface area contributed by atoms with Crippen molar-refractivity contribution in [2.24, 2.45) is 14.1 Å². The van der Waals surface area contributed by atoms with Crippen LogP contribution in [0.1, 0.15) is 11.3 Å². The van der Waals surface area contributed by atoms with Gasteiger partial charge in [-0.3, -0.25) is 18.7 Å². The Morgan fingerprint density at radius 1 is 1.21 bits per heavy atom. The van der Waals surface area contributed by atoms with Crippen LogP contribution in [-0.2, 0) is 31.5 Å². The van der Waals surface area contributed by atoms with Crippen molar-refractivity contribution in [3.63, 3.8) is 0 Å². The molecule has 33 heavy (non-hydrogen) atoms. The molecule has 0 bridgehead atoms. The Morgan fingerprint density at radius 3 is 2.64 bits per heavy atom. The molecule has 0 saturated carbocycles. The number of thiazole rings is 1. The number of amides is 1. The van der Waals surface area contributed by atoms with Crippen LogP contribution in [0, 0.1) is 5.82 Å². The number of benzene rings is 1. The van der Waals surface area contributed by atoms with Crippen LogP contribution in [-0.4, -0.2) is 25.2 Å². The number of hydrogen-bond acceptors (Lipinski definition) is 7. The topological polar surface area (TPSA) is 112 Å². The van der Waals surface area contributed by atoms with Gasteiger partial charge < -0.3 is 9.84 Å². The van der Waals surface area contributed by atoms with E-state index in [9.17, 15) is 31.9 Å². The highest BCUT2D eigenvalue weighted by Crippen LogP contribution is 2.36. The van der Waals surface area contributed by atoms with Crippen molar-refractivity contribution in [3.05, 3.63) is 61.5 Å². The molecule has 4 aromatic rings. The third kappa shape index (κ3) is 3.92. The third-order valence-corrected chi connectivity index (χ3v) is 5.56. The quantitative estimate of drug-likeness (QED) is 0.447. The standard InChI is InChI=1S/C19H13F4N5O4S/c1-27-15(30)13-10(26-32-16(13)28(2)18(27)31)6-12(29)25-17-24-11(7-33-17)8-4-3-5-9(14(8)20)19(21,22)23/h3-5,7H,6H2,1-2H3,(H,24,25,29). The van der Waals surface area contributed by atoms with E-state index in [0.29, 0.717) is 6.07 Å². The van der Waals surface area contributed by atoms with Gasteiger partial charge in [0.1, 0.15) is 16.9 Å². The minimum absolute atomic E-state index is 0.0000790. The molecule has 0 aliphatic heterocycles. The number of aromatic nitrogens is 4. The van der Waals surface area contributed by atoms with Gasteiger partial charge in [-0.1, -0.05) is 11.2 Å². The van der Waals surface area contributed by atoms with E-state index in [1.165, 1.54) is 19.5 Å². The van der Waals surface area contributed by atoms with Gasteiger partial charge in [0.15, 0.2) is 5.13 Å². The van der Waals surface area contributed by atoms with Gasteiger partial charge in [-0.25, -0.2) is 14.2 Å². The zero-order valence-corrected chi connectivity index (χ0v) is 17.7. The summed E-state index contributed by atoms with van der Waals surface area (Å²) in [5, 5.41) is 7.38. The molecule has 0 saturated heterocycles. The lowest BCUT2D eigenvalue weighted by atomic mass is 10.1. The molecular formula is C19H13F4N5O4S. The number of nitrogens with zero attached hydrogens (tertiary/aromatic N) is 4. The zero-order chi connectivity index (χ0) is 24.1. The predicted molar refractivity (Wildman–Crippen MR) is 109 cm³/mol. The maximum absolute atomic E-state index is 14.3. The van der Waals surface area contributed by atoms with Gasteiger partial charge >= 0.3 is 11.9 Å². The second-order valence-corrected chi connectivity index (χ2v) is 7.80. The Labute approximate surface area is 184 Å². The lowest BCUT2D eigenvalue weighted by molar-refractivity contribution is -0.139. The summed E-state index contributed by atoms with van der Waals surface area (Å²) in [6.07, 6.45) is -5.28. The molecule has 0 atom stereocenters. The van der Waals surface area contributed by atoms with Crippen LogP contribution in [0.25, 0.3) is 22.4 Å². The average Bonchev–Trinajstić information content (AvgIpc) is 3.37. The molecule has 0 aliphatic rings. The number of halogens is 4. The summed E-state index contributed by atoms with van der Waals surface area (Å²) in [5.74, 6) is -2.13. The predicted octanol–water partition coefficient (Wildman–Crippen LogP) is 2.69. The molecule has 0 spiro atoms. The highest BCUT2D eigenvalue weighted by atomic mass is 32.1. The Kier molecular flexibility index (Phi) is 5.40. The van der Waals surface area contributed by atoms with Crippen LogP contribution in [0.4, 0.5) is 22.7 Å². The summed E-state index contributed by atoms with van der Waals surface area (Å²) in [6, 6.07) is 2.82. The first kappa shape index (κ1) is 22.4. The average molecular weight is 483 g/mol. The van der Waals surface area contributed by atoms with Crippen LogP contribution in [0.2, 0.25) is 0 Å². The number of carbonyl (C=O) groups excluding carboxylic acids is 1. The van der Waals surface area contributed by atoms with Crippen molar-refractivity contribution in [3.8, 4) is 11.3 Å². The fourth-order valence-corrected chi connectivity index (χ4v) is 3.89. The summed E-state index contributed by atoms with van der Waals surface area (Å²) in [5.41, 5.74) is -3.30. The summed E-state index contributed by atoms with van der Waals surface area (Å²) in [7, 11) is 2.65. The van der Waals surface area contributed by atoms with Gasteiger partial charge in [-0.2, -0.15) is 13.2 Å². The zero-order valence-electron chi connectivity index (χ0n) is 16.9. The molecule has 172 valence electrons. The van der Waals surface area contributed by atoms with Crippen molar-refractivity contribution in [2.45, 2.75) is 12.6 Å². The summed E-state index contributed by atoms with van der Waals surface area (Å²) in [4.78, 5) is 40.8. The Morgan fingerprint density at radius 2 is 1.94 bits per heavy atom. The number of anilines is 1. The van der Waals surface area contributed by atoms with Crippen molar-refractivity contribution in [2.75, 3.05) is 5.32 Å². The molecule has 1 N–H and O–H groups in total. The SMILES string of the molecule is Cn1c(=O)c2c(CC(=O)Nc3nc(-c4cccc(C(F)(F)F)c4F)cs3)noc2n(C)c1=O. The Balaban J connectivity index is 1.58. The highest BCUT2D eigenvalue weighted by Gasteiger charge is 2.35. The molecule has 0 unspecified atom stereocenters. The normalized spacial score (nSPS) is 11.8. The minimum Gasteiger partial charge on any atom is -0.337 e. The van der Waals surface area contributed by atoms with E-state index in [1.54, 1.807) is 0 Å². The maximum atomic E-state index is 14.3. The molecule has 0 radical (unpaired) electrons. The first-order valence-corrected chi connectivity index (χ1v) is 10.0. The van der Waals surface area contributed by atoms with Crippen molar-refractivity contribution >= 4 is 33.5 Å². The summed E-state index contributed by atoms with van der Waals surface area (Å²) in [6.45, 7) is 0. The van der Waals surface area contributed by atoms with Crippen LogP contribution in [0.3, 0.4) is 0 Å². The van der Waals surface area contributed by atoms with Crippen LogP contribution < -0.4 is 16.6 Å². The number of alkyl halides is 3. The number of carbonyl (C=O) groups is 1. The molecule has 0 fully saturated rings. The van der Waals surface area contributed by atoms with Crippen molar-refractivity contribution in [1.29, 1.82) is 0 Å². The number of nitrogens with one attached hydrogen (secondary N) is 1. The lowest BCUT2D eigenvalue weighted by Crippen LogP contribution is -2.36. The fourth-order valence-electron chi connectivity index (χ4n) is 3.16. The molecule has 3 heterocycles. The lowest BCUT2D eigenvalue weighted by Gasteiger charge is -2.09. The molecule has 3 aromatic heterocycles. The van der Waals surface area contributed by atoms with E-state index in [0.717, 1.165) is 32.6 Å². The molecule has 4 rings (SSSR count). The van der Waals surface area contributed by atoms with Gasteiger partial charge in [-0.05, 0) is 12.1 Å². The van der Waals surface area contributed by atoms with Gasteiger partial charge in [0, 0.05) is 25.0 Å². The summed E-state index contributed by atoms with van der Waals surface area (Å²) >= 11 is 0.875. The number of fused-ring (bicyclic) bond motifs is 1. The number of hydrogen-bond donors (Lipinski definition) is 1. The van der Waals surface area contributed by atoms with E-state index in [-0.39, 0.29) is 33.2 Å². The van der Waals surface area contributed by atoms with E-state index in [1.807, 2.05) is 0 Å². The van der Waals surface area contributed by atoms with E-state index in [4.69, 9.17) is 4.52 Å². The van der Waals surface area contributed by atoms with E-state index < -0.39 is 41.1 Å². The molecule has 14 heteroatoms. The van der Waals surface area contributed by atoms with Crippen molar-refractivity contribution < 1.29 is 26.9 Å². The second-order valence-electron chi connectivity index (χ2n) is 6.94. The van der Waals surface area contributed by atoms with Crippen LogP contribution in [0.15, 0.2) is 37.7 Å². The molecule has 1 aromatic carbocycles.